The molecule has 0 bridgehead atoms. The van der Waals surface area contributed by atoms with Crippen LogP contribution in [0.4, 0.5) is 8.78 Å². The second-order valence-corrected chi connectivity index (χ2v) is 4.15. The SMILES string of the molecule is O=C(NCC(O)c1cccc(OC(F)F)c1)c1ccn[nH]1. The van der Waals surface area contributed by atoms with Gasteiger partial charge in [0.05, 0.1) is 6.10 Å². The van der Waals surface area contributed by atoms with Gasteiger partial charge in [-0.2, -0.15) is 13.9 Å². The van der Waals surface area contributed by atoms with E-state index in [0.717, 1.165) is 0 Å². The Morgan fingerprint density at radius 3 is 2.90 bits per heavy atom. The largest absolute Gasteiger partial charge is 0.435 e. The second kappa shape index (κ2) is 6.80. The number of nitrogens with zero attached hydrogens (tertiary/aromatic N) is 1. The van der Waals surface area contributed by atoms with Crippen LogP contribution in [0.15, 0.2) is 36.5 Å². The number of halogens is 2. The predicted molar refractivity (Wildman–Crippen MR) is 69.0 cm³/mol. The summed E-state index contributed by atoms with van der Waals surface area (Å²) in [7, 11) is 0. The van der Waals surface area contributed by atoms with E-state index in [-0.39, 0.29) is 18.0 Å². The molecule has 1 atom stereocenters. The zero-order chi connectivity index (χ0) is 15.2. The summed E-state index contributed by atoms with van der Waals surface area (Å²) in [6.07, 6.45) is 0.384. The molecule has 2 rings (SSSR count). The Morgan fingerprint density at radius 2 is 2.24 bits per heavy atom. The lowest BCUT2D eigenvalue weighted by molar-refractivity contribution is -0.0499. The highest BCUT2D eigenvalue weighted by atomic mass is 19.3. The molecule has 8 heteroatoms. The number of aromatic amines is 1. The van der Waals surface area contributed by atoms with Crippen LogP contribution in [0.1, 0.15) is 22.2 Å². The molecule has 2 aromatic rings. The van der Waals surface area contributed by atoms with E-state index in [2.05, 4.69) is 20.3 Å². The van der Waals surface area contributed by atoms with Crippen molar-refractivity contribution in [3.63, 3.8) is 0 Å². The van der Waals surface area contributed by atoms with Gasteiger partial charge >= 0.3 is 6.61 Å². The van der Waals surface area contributed by atoms with Gasteiger partial charge in [-0.05, 0) is 23.8 Å². The third-order valence-corrected chi connectivity index (χ3v) is 2.67. The number of hydrogen-bond acceptors (Lipinski definition) is 4. The molecule has 0 saturated heterocycles. The quantitative estimate of drug-likeness (QED) is 0.753. The van der Waals surface area contributed by atoms with Crippen LogP contribution in [0.25, 0.3) is 0 Å². The fourth-order valence-corrected chi connectivity index (χ4v) is 1.68. The van der Waals surface area contributed by atoms with Crippen LogP contribution < -0.4 is 10.1 Å². The van der Waals surface area contributed by atoms with E-state index < -0.39 is 18.6 Å². The van der Waals surface area contributed by atoms with Crippen molar-refractivity contribution in [2.45, 2.75) is 12.7 Å². The number of rotatable bonds is 6. The molecule has 1 unspecified atom stereocenters. The van der Waals surface area contributed by atoms with Crippen LogP contribution in [-0.2, 0) is 0 Å². The molecule has 3 N–H and O–H groups in total. The van der Waals surface area contributed by atoms with E-state index in [1.165, 1.54) is 30.5 Å². The smallest absolute Gasteiger partial charge is 0.387 e. The van der Waals surface area contributed by atoms with Crippen molar-refractivity contribution in [3.8, 4) is 5.75 Å². The van der Waals surface area contributed by atoms with Gasteiger partial charge < -0.3 is 15.2 Å². The Labute approximate surface area is 118 Å². The first-order chi connectivity index (χ1) is 10.1. The molecule has 1 aromatic heterocycles. The molecule has 1 heterocycles. The van der Waals surface area contributed by atoms with Crippen molar-refractivity contribution in [2.75, 3.05) is 6.54 Å². The number of carbonyl (C=O) groups excluding carboxylic acids is 1. The summed E-state index contributed by atoms with van der Waals surface area (Å²) in [4.78, 5) is 11.6. The molecule has 6 nitrogen and oxygen atoms in total. The standard InChI is InChI=1S/C13H13F2N3O3/c14-13(15)21-9-3-1-2-8(6-9)11(19)7-16-12(20)10-4-5-17-18-10/h1-6,11,13,19H,7H2,(H,16,20)(H,17,18). The van der Waals surface area contributed by atoms with Gasteiger partial charge in [-0.3, -0.25) is 9.89 Å². The summed E-state index contributed by atoms with van der Waals surface area (Å²) >= 11 is 0. The molecule has 1 aromatic carbocycles. The average molecular weight is 297 g/mol. The minimum atomic E-state index is -2.93. The number of carbonyl (C=O) groups is 1. The average Bonchev–Trinajstić information content (AvgIpc) is 2.98. The van der Waals surface area contributed by atoms with Gasteiger partial charge in [0.15, 0.2) is 0 Å². The molecule has 0 fully saturated rings. The van der Waals surface area contributed by atoms with Gasteiger partial charge in [0.25, 0.3) is 5.91 Å². The fraction of sp³-hybridized carbons (Fsp3) is 0.231. The van der Waals surface area contributed by atoms with Gasteiger partial charge in [-0.25, -0.2) is 0 Å². The van der Waals surface area contributed by atoms with Crippen molar-refractivity contribution in [1.82, 2.24) is 15.5 Å². The number of amides is 1. The zero-order valence-corrected chi connectivity index (χ0v) is 10.8. The molecule has 0 saturated carbocycles. The molecule has 0 aliphatic heterocycles. The number of alkyl halides is 2. The first-order valence-corrected chi connectivity index (χ1v) is 6.06. The number of aromatic nitrogens is 2. The molecule has 0 aliphatic rings. The zero-order valence-electron chi connectivity index (χ0n) is 10.8. The van der Waals surface area contributed by atoms with E-state index in [1.807, 2.05) is 0 Å². The summed E-state index contributed by atoms with van der Waals surface area (Å²) in [5.41, 5.74) is 0.620. The second-order valence-electron chi connectivity index (χ2n) is 4.15. The van der Waals surface area contributed by atoms with E-state index in [0.29, 0.717) is 5.56 Å². The fourth-order valence-electron chi connectivity index (χ4n) is 1.68. The van der Waals surface area contributed by atoms with Gasteiger partial charge in [0.1, 0.15) is 11.4 Å². The third-order valence-electron chi connectivity index (χ3n) is 2.67. The molecule has 112 valence electrons. The van der Waals surface area contributed by atoms with E-state index in [4.69, 9.17) is 0 Å². The lowest BCUT2D eigenvalue weighted by Gasteiger charge is -2.13. The van der Waals surface area contributed by atoms with Crippen molar-refractivity contribution in [2.24, 2.45) is 0 Å². The topological polar surface area (TPSA) is 87.2 Å². The number of benzene rings is 1. The lowest BCUT2D eigenvalue weighted by atomic mass is 10.1. The molecule has 0 radical (unpaired) electrons. The molecule has 1 amide bonds. The number of nitrogens with one attached hydrogen (secondary N) is 2. The predicted octanol–water partition coefficient (Wildman–Crippen LogP) is 1.47. The Kier molecular flexibility index (Phi) is 4.83. The molecule has 0 aliphatic carbocycles. The number of aliphatic hydroxyl groups excluding tert-OH is 1. The minimum absolute atomic E-state index is 0.0542. The maximum absolute atomic E-state index is 12.1. The Morgan fingerprint density at radius 1 is 1.43 bits per heavy atom. The van der Waals surface area contributed by atoms with Gasteiger partial charge in [-0.15, -0.1) is 0 Å². The lowest BCUT2D eigenvalue weighted by Crippen LogP contribution is -2.28. The van der Waals surface area contributed by atoms with Gasteiger partial charge in [0, 0.05) is 12.7 Å². The molecular weight excluding hydrogens is 284 g/mol. The maximum Gasteiger partial charge on any atom is 0.387 e. The van der Waals surface area contributed by atoms with Crippen LogP contribution in [-0.4, -0.2) is 34.4 Å². The Balaban J connectivity index is 1.94. The van der Waals surface area contributed by atoms with Crippen LogP contribution in [0.3, 0.4) is 0 Å². The summed E-state index contributed by atoms with van der Waals surface area (Å²) in [5.74, 6) is -0.479. The minimum Gasteiger partial charge on any atom is -0.435 e. The van der Waals surface area contributed by atoms with Crippen LogP contribution in [0.5, 0.6) is 5.75 Å². The number of aliphatic hydroxyl groups is 1. The Hall–Kier alpha value is -2.48. The summed E-state index contributed by atoms with van der Waals surface area (Å²) < 4.78 is 28.5. The molecule has 0 spiro atoms. The number of H-pyrrole nitrogens is 1. The van der Waals surface area contributed by atoms with E-state index >= 15 is 0 Å². The normalized spacial score (nSPS) is 12.2. The first kappa shape index (κ1) is 14.9. The summed E-state index contributed by atoms with van der Waals surface area (Å²) in [6.45, 7) is -3.01. The van der Waals surface area contributed by atoms with Crippen LogP contribution in [0.2, 0.25) is 0 Å². The Bertz CT molecular complexity index is 590. The molecule has 21 heavy (non-hydrogen) atoms. The van der Waals surface area contributed by atoms with Crippen molar-refractivity contribution < 1.29 is 23.4 Å². The van der Waals surface area contributed by atoms with Crippen molar-refractivity contribution >= 4 is 5.91 Å². The monoisotopic (exact) mass is 297 g/mol. The highest BCUT2D eigenvalue weighted by Gasteiger charge is 2.13. The molecular formula is C13H13F2N3O3. The van der Waals surface area contributed by atoms with E-state index in [9.17, 15) is 18.7 Å². The first-order valence-electron chi connectivity index (χ1n) is 6.06. The maximum atomic E-state index is 12.1. The van der Waals surface area contributed by atoms with Crippen LogP contribution in [0, 0.1) is 0 Å². The van der Waals surface area contributed by atoms with Gasteiger partial charge in [0.2, 0.25) is 0 Å². The third kappa shape index (κ3) is 4.25. The van der Waals surface area contributed by atoms with Crippen LogP contribution >= 0.6 is 0 Å². The highest BCUT2D eigenvalue weighted by Crippen LogP contribution is 2.20. The number of hydrogen-bond donors (Lipinski definition) is 3. The van der Waals surface area contributed by atoms with Gasteiger partial charge in [-0.1, -0.05) is 12.1 Å². The summed E-state index contributed by atoms with van der Waals surface area (Å²) in [5, 5.41) is 18.6. The van der Waals surface area contributed by atoms with E-state index in [1.54, 1.807) is 6.07 Å². The van der Waals surface area contributed by atoms with Crippen molar-refractivity contribution in [3.05, 3.63) is 47.8 Å². The number of ether oxygens (including phenoxy) is 1. The van der Waals surface area contributed by atoms with Crippen molar-refractivity contribution in [1.29, 1.82) is 0 Å². The summed E-state index contributed by atoms with van der Waals surface area (Å²) in [6, 6.07) is 7.15. The highest BCUT2D eigenvalue weighted by molar-refractivity contribution is 5.92.